The minimum Gasteiger partial charge on any atom is -0.390 e. The Morgan fingerprint density at radius 2 is 1.71 bits per heavy atom. The number of halogens is 1. The molecule has 42 heavy (non-hydrogen) atoms. The number of carbonyl (C=O) groups is 2. The number of piperidine rings is 1. The molecule has 9 nitrogen and oxygen atoms in total. The molecule has 1 fully saturated rings. The fourth-order valence-electron chi connectivity index (χ4n) is 5.07. The number of pyridine rings is 1. The lowest BCUT2D eigenvalue weighted by molar-refractivity contribution is 0.102. The molecule has 2 N–H and O–H groups in total. The number of carbonyl (C=O) groups excluding carboxylic acids is 2. The maximum absolute atomic E-state index is 13.0. The molecule has 0 atom stereocenters. The smallest absolute Gasteiger partial charge is 0.390 e. The summed E-state index contributed by atoms with van der Waals surface area (Å²) in [4.78, 5) is 32.1. The number of rotatable bonds is 9. The maximum Gasteiger partial charge on any atom is 0.413 e. The van der Waals surface area contributed by atoms with Gasteiger partial charge in [-0.3, -0.25) is 9.78 Å². The lowest BCUT2D eigenvalue weighted by Crippen LogP contribution is -2.35. The van der Waals surface area contributed by atoms with Crippen LogP contribution in [0.2, 0.25) is 5.02 Å². The zero-order valence-electron chi connectivity index (χ0n) is 23.8. The van der Waals surface area contributed by atoms with Crippen molar-refractivity contribution in [2.24, 2.45) is 5.92 Å². The van der Waals surface area contributed by atoms with Gasteiger partial charge in [-0.25, -0.2) is 9.48 Å². The molecule has 0 unspecified atom stereocenters. The fraction of sp³-hybridized carbons (Fsp3) is 0.312. The number of amides is 2. The largest absolute Gasteiger partial charge is 0.413 e. The van der Waals surface area contributed by atoms with Gasteiger partial charge in [-0.2, -0.15) is 0 Å². The van der Waals surface area contributed by atoms with Gasteiger partial charge in [0.15, 0.2) is 0 Å². The molecular weight excluding hydrogens is 552 g/mol. The van der Waals surface area contributed by atoms with E-state index < -0.39 is 12.0 Å². The molecule has 0 bridgehead atoms. The number of nitrogens with one attached hydrogen (secondary N) is 2. The van der Waals surface area contributed by atoms with Crippen molar-refractivity contribution in [1.82, 2.24) is 20.1 Å². The number of benzene rings is 2. The van der Waals surface area contributed by atoms with E-state index in [0.717, 1.165) is 32.4 Å². The van der Waals surface area contributed by atoms with Gasteiger partial charge in [0, 0.05) is 43.8 Å². The van der Waals surface area contributed by atoms with Gasteiger partial charge < -0.3 is 20.3 Å². The minimum absolute atomic E-state index is 0.0700. The number of hydrogen-bond acceptors (Lipinski definition) is 6. The zero-order chi connectivity index (χ0) is 29.5. The van der Waals surface area contributed by atoms with Crippen LogP contribution < -0.4 is 20.3 Å². The Balaban J connectivity index is 1.20. The maximum atomic E-state index is 13.0. The van der Waals surface area contributed by atoms with Gasteiger partial charge in [-0.15, -0.1) is 5.10 Å². The van der Waals surface area contributed by atoms with Crippen LogP contribution in [0.5, 0.6) is 5.88 Å². The average Bonchev–Trinajstić information content (AvgIpc) is 3.39. The highest BCUT2D eigenvalue weighted by molar-refractivity contribution is 6.34. The van der Waals surface area contributed by atoms with E-state index in [1.165, 1.54) is 22.0 Å². The van der Waals surface area contributed by atoms with Gasteiger partial charge in [-0.1, -0.05) is 49.7 Å². The normalized spacial score (nSPS) is 13.7. The molecule has 1 aliphatic heterocycles. The van der Waals surface area contributed by atoms with Crippen molar-refractivity contribution in [3.63, 3.8) is 0 Å². The molecule has 1 saturated heterocycles. The van der Waals surface area contributed by atoms with Crippen LogP contribution in [0.1, 0.15) is 54.9 Å². The van der Waals surface area contributed by atoms with Crippen LogP contribution >= 0.6 is 11.6 Å². The summed E-state index contributed by atoms with van der Waals surface area (Å²) in [5, 5.41) is 10.5. The Labute approximate surface area is 250 Å². The SMILES string of the molecule is CC(C)c1ccc(-n2nc(OC(=O)NCCC3CCN(c4ccncc4)CC3)cc2NC(=O)c2ccccc2Cl)cc1. The molecule has 5 rings (SSSR count). The van der Waals surface area contributed by atoms with Crippen molar-refractivity contribution in [2.75, 3.05) is 29.9 Å². The van der Waals surface area contributed by atoms with Crippen molar-refractivity contribution in [2.45, 2.75) is 39.0 Å². The molecule has 0 saturated carbocycles. The molecule has 3 heterocycles. The molecular formula is C32H35ClN6O3. The van der Waals surface area contributed by atoms with Crippen molar-refractivity contribution in [1.29, 1.82) is 0 Å². The van der Waals surface area contributed by atoms with Crippen molar-refractivity contribution in [3.05, 3.63) is 95.3 Å². The highest BCUT2D eigenvalue weighted by atomic mass is 35.5. The summed E-state index contributed by atoms with van der Waals surface area (Å²) in [7, 11) is 0. The summed E-state index contributed by atoms with van der Waals surface area (Å²) >= 11 is 6.24. The van der Waals surface area contributed by atoms with E-state index in [2.05, 4.69) is 39.5 Å². The van der Waals surface area contributed by atoms with Gasteiger partial charge in [0.2, 0.25) is 5.88 Å². The van der Waals surface area contributed by atoms with Crippen LogP contribution in [-0.2, 0) is 0 Å². The predicted molar refractivity (Wildman–Crippen MR) is 165 cm³/mol. The number of hydrogen-bond donors (Lipinski definition) is 2. The number of aromatic nitrogens is 3. The van der Waals surface area contributed by atoms with E-state index in [1.54, 1.807) is 24.3 Å². The average molecular weight is 587 g/mol. The lowest BCUT2D eigenvalue weighted by Gasteiger charge is -2.33. The van der Waals surface area contributed by atoms with Crippen LogP contribution in [0.15, 0.2) is 79.1 Å². The van der Waals surface area contributed by atoms with E-state index in [1.807, 2.05) is 48.8 Å². The van der Waals surface area contributed by atoms with Crippen molar-refractivity contribution >= 4 is 35.1 Å². The van der Waals surface area contributed by atoms with Gasteiger partial charge in [0.05, 0.1) is 16.3 Å². The Morgan fingerprint density at radius 1 is 1.00 bits per heavy atom. The van der Waals surface area contributed by atoms with E-state index in [4.69, 9.17) is 16.3 Å². The zero-order valence-corrected chi connectivity index (χ0v) is 24.6. The second kappa shape index (κ2) is 13.5. The van der Waals surface area contributed by atoms with Gasteiger partial charge in [-0.05, 0) is 73.1 Å². The third-order valence-electron chi connectivity index (χ3n) is 7.51. The molecule has 0 radical (unpaired) electrons. The van der Waals surface area contributed by atoms with E-state index in [9.17, 15) is 9.59 Å². The molecule has 218 valence electrons. The Hall–Kier alpha value is -4.37. The van der Waals surface area contributed by atoms with E-state index >= 15 is 0 Å². The quantitative estimate of drug-likeness (QED) is 0.226. The molecule has 10 heteroatoms. The standard InChI is InChI=1S/C32H35ClN6O3/c1-22(2)24-7-9-26(10-8-24)39-29(36-31(40)27-5-3-4-6-28(27)33)21-30(37-39)42-32(41)35-18-11-23-14-19-38(20-15-23)25-12-16-34-17-13-25/h3-10,12-13,16-17,21-23H,11,14-15,18-20H2,1-2H3,(H,35,41)(H,36,40). The highest BCUT2D eigenvalue weighted by Gasteiger charge is 2.21. The second-order valence-corrected chi connectivity index (χ2v) is 11.1. The first-order chi connectivity index (χ1) is 20.4. The van der Waals surface area contributed by atoms with Gasteiger partial charge in [0.1, 0.15) is 5.82 Å². The second-order valence-electron chi connectivity index (χ2n) is 10.7. The molecule has 1 aliphatic rings. The van der Waals surface area contributed by atoms with Crippen molar-refractivity contribution < 1.29 is 14.3 Å². The Kier molecular flexibility index (Phi) is 9.38. The van der Waals surface area contributed by atoms with Crippen LogP contribution in [-0.4, -0.2) is 46.4 Å². The topological polar surface area (TPSA) is 101 Å². The molecule has 2 amide bonds. The van der Waals surface area contributed by atoms with Crippen LogP contribution in [0.25, 0.3) is 5.69 Å². The molecule has 2 aromatic heterocycles. The first kappa shape index (κ1) is 29.1. The summed E-state index contributed by atoms with van der Waals surface area (Å²) in [6.45, 7) is 6.71. The molecule has 4 aromatic rings. The van der Waals surface area contributed by atoms with E-state index in [-0.39, 0.29) is 5.88 Å². The molecule has 0 spiro atoms. The van der Waals surface area contributed by atoms with Crippen LogP contribution in [0, 0.1) is 5.92 Å². The number of anilines is 2. The van der Waals surface area contributed by atoms with Crippen LogP contribution in [0.4, 0.5) is 16.3 Å². The third kappa shape index (κ3) is 7.28. The molecule has 0 aliphatic carbocycles. The fourth-order valence-corrected chi connectivity index (χ4v) is 5.29. The van der Waals surface area contributed by atoms with Crippen molar-refractivity contribution in [3.8, 4) is 11.6 Å². The number of nitrogens with zero attached hydrogens (tertiary/aromatic N) is 4. The number of ether oxygens (including phenoxy) is 1. The first-order valence-electron chi connectivity index (χ1n) is 14.2. The summed E-state index contributed by atoms with van der Waals surface area (Å²) in [6, 6.07) is 20.2. The first-order valence-corrected chi connectivity index (χ1v) is 14.6. The minimum atomic E-state index is -0.590. The lowest BCUT2D eigenvalue weighted by atomic mass is 9.93. The monoisotopic (exact) mass is 586 g/mol. The molecule has 2 aromatic carbocycles. The highest BCUT2D eigenvalue weighted by Crippen LogP contribution is 2.26. The Bertz CT molecular complexity index is 1500. The Morgan fingerprint density at radius 3 is 2.40 bits per heavy atom. The van der Waals surface area contributed by atoms with Crippen LogP contribution in [0.3, 0.4) is 0 Å². The summed E-state index contributed by atoms with van der Waals surface area (Å²) < 4.78 is 7.06. The summed E-state index contributed by atoms with van der Waals surface area (Å²) in [5.74, 6) is 0.920. The summed E-state index contributed by atoms with van der Waals surface area (Å²) in [6.07, 6.45) is 6.04. The third-order valence-corrected chi connectivity index (χ3v) is 7.84. The predicted octanol–water partition coefficient (Wildman–Crippen LogP) is 6.69. The van der Waals surface area contributed by atoms with Gasteiger partial charge >= 0.3 is 6.09 Å². The van der Waals surface area contributed by atoms with Gasteiger partial charge in [0.25, 0.3) is 5.91 Å². The summed E-state index contributed by atoms with van der Waals surface area (Å²) in [5.41, 5.74) is 3.41. The van der Waals surface area contributed by atoms with E-state index in [0.29, 0.717) is 40.5 Å².